The van der Waals surface area contributed by atoms with Gasteiger partial charge in [0.25, 0.3) is 0 Å². The van der Waals surface area contributed by atoms with Crippen LogP contribution in [0.25, 0.3) is 0 Å². The lowest BCUT2D eigenvalue weighted by Crippen LogP contribution is -2.13. The third-order valence-corrected chi connectivity index (χ3v) is 1.60. The molecule has 0 aromatic heterocycles. The molecular weight excluding hydrogens is 164 g/mol. The summed E-state index contributed by atoms with van der Waals surface area (Å²) in [6, 6.07) is 0. The Bertz CT molecular complexity index is 121. The van der Waals surface area contributed by atoms with Crippen LogP contribution < -0.4 is 0 Å². The second-order valence-corrected chi connectivity index (χ2v) is 2.98. The molecule has 0 aliphatic carbocycles. The van der Waals surface area contributed by atoms with Crippen LogP contribution in [0, 0.1) is 0 Å². The van der Waals surface area contributed by atoms with E-state index in [4.69, 9.17) is 9.47 Å². The average molecular weight is 186 g/mol. The first-order chi connectivity index (χ1) is 6.31. The van der Waals surface area contributed by atoms with Crippen molar-refractivity contribution in [1.82, 2.24) is 0 Å². The molecule has 0 N–H and O–H groups in total. The van der Waals surface area contributed by atoms with E-state index in [-0.39, 0.29) is 6.29 Å². The second kappa shape index (κ2) is 9.75. The summed E-state index contributed by atoms with van der Waals surface area (Å²) in [5, 5.41) is 0. The van der Waals surface area contributed by atoms with E-state index in [0.29, 0.717) is 0 Å². The van der Waals surface area contributed by atoms with E-state index in [0.717, 1.165) is 32.5 Å². The van der Waals surface area contributed by atoms with Crippen molar-refractivity contribution in [3.05, 3.63) is 12.2 Å². The Balaban J connectivity index is 3.16. The Kier molecular flexibility index (Phi) is 9.49. The molecule has 1 unspecified atom stereocenters. The van der Waals surface area contributed by atoms with Crippen molar-refractivity contribution in [2.45, 2.75) is 46.3 Å². The van der Waals surface area contributed by atoms with Crippen LogP contribution in [-0.4, -0.2) is 19.5 Å². The molecule has 13 heavy (non-hydrogen) atoms. The Labute approximate surface area is 81.9 Å². The van der Waals surface area contributed by atoms with E-state index < -0.39 is 0 Å². The molecule has 0 aliphatic rings. The SMILES string of the molecule is CC/C=C/CCOC(C)OCCC. The van der Waals surface area contributed by atoms with Gasteiger partial charge in [-0.1, -0.05) is 26.0 Å². The number of rotatable bonds is 8. The third kappa shape index (κ3) is 9.57. The van der Waals surface area contributed by atoms with Crippen molar-refractivity contribution in [2.75, 3.05) is 13.2 Å². The summed E-state index contributed by atoms with van der Waals surface area (Å²) in [6.45, 7) is 7.70. The molecule has 0 heterocycles. The van der Waals surface area contributed by atoms with Gasteiger partial charge < -0.3 is 9.47 Å². The van der Waals surface area contributed by atoms with Gasteiger partial charge in [-0.15, -0.1) is 0 Å². The molecule has 0 saturated carbocycles. The highest BCUT2D eigenvalue weighted by atomic mass is 16.7. The molecule has 0 aliphatic heterocycles. The Morgan fingerprint density at radius 2 is 1.77 bits per heavy atom. The maximum Gasteiger partial charge on any atom is 0.154 e. The Morgan fingerprint density at radius 3 is 2.38 bits per heavy atom. The van der Waals surface area contributed by atoms with Gasteiger partial charge in [0.1, 0.15) is 0 Å². The quantitative estimate of drug-likeness (QED) is 0.329. The summed E-state index contributed by atoms with van der Waals surface area (Å²) in [5.74, 6) is 0. The molecule has 0 amide bonds. The summed E-state index contributed by atoms with van der Waals surface area (Å²) < 4.78 is 10.8. The minimum Gasteiger partial charge on any atom is -0.353 e. The van der Waals surface area contributed by atoms with Gasteiger partial charge in [0, 0.05) is 6.61 Å². The van der Waals surface area contributed by atoms with Crippen LogP contribution in [0.2, 0.25) is 0 Å². The summed E-state index contributed by atoms with van der Waals surface area (Å²) in [5.41, 5.74) is 0. The Hall–Kier alpha value is -0.340. The van der Waals surface area contributed by atoms with Gasteiger partial charge >= 0.3 is 0 Å². The van der Waals surface area contributed by atoms with E-state index >= 15 is 0 Å². The molecule has 0 fully saturated rings. The van der Waals surface area contributed by atoms with E-state index in [1.165, 1.54) is 0 Å². The van der Waals surface area contributed by atoms with Gasteiger partial charge in [-0.05, 0) is 26.2 Å². The first-order valence-electron chi connectivity index (χ1n) is 5.19. The summed E-state index contributed by atoms with van der Waals surface area (Å²) in [7, 11) is 0. The molecular formula is C11H22O2. The van der Waals surface area contributed by atoms with Crippen molar-refractivity contribution in [1.29, 1.82) is 0 Å². The molecule has 0 radical (unpaired) electrons. The molecule has 0 aromatic rings. The zero-order valence-electron chi connectivity index (χ0n) is 9.08. The highest BCUT2D eigenvalue weighted by Gasteiger charge is 1.98. The fourth-order valence-electron chi connectivity index (χ4n) is 0.918. The van der Waals surface area contributed by atoms with Crippen LogP contribution in [0.3, 0.4) is 0 Å². The van der Waals surface area contributed by atoms with Crippen molar-refractivity contribution < 1.29 is 9.47 Å². The van der Waals surface area contributed by atoms with Crippen molar-refractivity contribution in [3.63, 3.8) is 0 Å². The van der Waals surface area contributed by atoms with Crippen LogP contribution in [-0.2, 0) is 9.47 Å². The highest BCUT2D eigenvalue weighted by Crippen LogP contribution is 1.96. The molecule has 0 aromatic carbocycles. The zero-order chi connectivity index (χ0) is 9.94. The third-order valence-electron chi connectivity index (χ3n) is 1.60. The first-order valence-corrected chi connectivity index (χ1v) is 5.19. The predicted octanol–water partition coefficient (Wildman–Crippen LogP) is 3.13. The van der Waals surface area contributed by atoms with Crippen LogP contribution >= 0.6 is 0 Å². The van der Waals surface area contributed by atoms with Crippen molar-refractivity contribution in [3.8, 4) is 0 Å². The second-order valence-electron chi connectivity index (χ2n) is 2.98. The number of allylic oxidation sites excluding steroid dienone is 1. The monoisotopic (exact) mass is 186 g/mol. The van der Waals surface area contributed by atoms with Gasteiger partial charge in [0.2, 0.25) is 0 Å². The molecule has 2 heteroatoms. The van der Waals surface area contributed by atoms with Gasteiger partial charge in [-0.25, -0.2) is 0 Å². The topological polar surface area (TPSA) is 18.5 Å². The largest absolute Gasteiger partial charge is 0.353 e. The van der Waals surface area contributed by atoms with Gasteiger partial charge in [-0.3, -0.25) is 0 Å². The minimum atomic E-state index is -0.0602. The van der Waals surface area contributed by atoms with Crippen LogP contribution in [0.15, 0.2) is 12.2 Å². The summed E-state index contributed by atoms with van der Waals surface area (Å²) in [6.07, 6.45) is 7.36. The summed E-state index contributed by atoms with van der Waals surface area (Å²) in [4.78, 5) is 0. The molecule has 2 nitrogen and oxygen atoms in total. The lowest BCUT2D eigenvalue weighted by Gasteiger charge is -2.12. The van der Waals surface area contributed by atoms with Crippen molar-refractivity contribution >= 4 is 0 Å². The van der Waals surface area contributed by atoms with Gasteiger partial charge in [-0.2, -0.15) is 0 Å². The normalized spacial score (nSPS) is 13.8. The Morgan fingerprint density at radius 1 is 1.08 bits per heavy atom. The molecule has 0 spiro atoms. The van der Waals surface area contributed by atoms with Crippen molar-refractivity contribution in [2.24, 2.45) is 0 Å². The number of hydrogen-bond donors (Lipinski definition) is 0. The van der Waals surface area contributed by atoms with Gasteiger partial charge in [0.05, 0.1) is 6.61 Å². The number of ether oxygens (including phenoxy) is 2. The smallest absolute Gasteiger partial charge is 0.154 e. The number of hydrogen-bond acceptors (Lipinski definition) is 2. The lowest BCUT2D eigenvalue weighted by molar-refractivity contribution is -0.129. The predicted molar refractivity (Wildman–Crippen MR) is 55.7 cm³/mol. The molecule has 0 rings (SSSR count). The van der Waals surface area contributed by atoms with Gasteiger partial charge in [0.15, 0.2) is 6.29 Å². The maximum atomic E-state index is 5.42. The van der Waals surface area contributed by atoms with E-state index in [2.05, 4.69) is 26.0 Å². The average Bonchev–Trinajstić information content (AvgIpc) is 2.14. The molecule has 0 saturated heterocycles. The van der Waals surface area contributed by atoms with Crippen LogP contribution in [0.5, 0.6) is 0 Å². The fourth-order valence-corrected chi connectivity index (χ4v) is 0.918. The standard InChI is InChI=1S/C11H22O2/c1-4-6-7-8-10-13-11(3)12-9-5-2/h6-7,11H,4-5,8-10H2,1-3H3/b7-6+. The summed E-state index contributed by atoms with van der Waals surface area (Å²) >= 11 is 0. The van der Waals surface area contributed by atoms with Crippen LogP contribution in [0.4, 0.5) is 0 Å². The van der Waals surface area contributed by atoms with Crippen LogP contribution in [0.1, 0.15) is 40.0 Å². The minimum absolute atomic E-state index is 0.0602. The molecule has 0 bridgehead atoms. The van der Waals surface area contributed by atoms with E-state index in [9.17, 15) is 0 Å². The fraction of sp³-hybridized carbons (Fsp3) is 0.818. The van der Waals surface area contributed by atoms with E-state index in [1.807, 2.05) is 6.92 Å². The zero-order valence-corrected chi connectivity index (χ0v) is 9.08. The lowest BCUT2D eigenvalue weighted by atomic mass is 10.3. The molecule has 1 atom stereocenters. The highest BCUT2D eigenvalue weighted by molar-refractivity contribution is 4.79. The van der Waals surface area contributed by atoms with E-state index in [1.54, 1.807) is 0 Å². The maximum absolute atomic E-state index is 5.42. The molecule has 78 valence electrons. The first kappa shape index (κ1) is 12.7.